The number of hydrogen-bond acceptors (Lipinski definition) is 8. The smallest absolute Gasteiger partial charge is 0.333 e. The van der Waals surface area contributed by atoms with Crippen LogP contribution >= 0.6 is 0 Å². The van der Waals surface area contributed by atoms with Crippen LogP contribution in [0.25, 0.3) is 0 Å². The number of ether oxygens (including phenoxy) is 2. The van der Waals surface area contributed by atoms with Crippen LogP contribution in [-0.2, 0) is 16.0 Å². The van der Waals surface area contributed by atoms with Gasteiger partial charge in [-0.15, -0.1) is 0 Å². The van der Waals surface area contributed by atoms with E-state index in [0.29, 0.717) is 12.0 Å². The Balaban J connectivity index is 2.12. The number of nitrogens with zero attached hydrogens (tertiary/aromatic N) is 2. The van der Waals surface area contributed by atoms with Crippen LogP contribution in [0.2, 0.25) is 0 Å². The summed E-state index contributed by atoms with van der Waals surface area (Å²) in [6.07, 6.45) is 0.490. The molecule has 3 rings (SSSR count). The molecule has 0 unspecified atom stereocenters. The summed E-state index contributed by atoms with van der Waals surface area (Å²) in [6.45, 7) is 0.185. The summed E-state index contributed by atoms with van der Waals surface area (Å²) in [5.41, 5.74) is 0.765. The Morgan fingerprint density at radius 2 is 1.93 bits per heavy atom. The van der Waals surface area contributed by atoms with E-state index >= 15 is 0 Å². The second-order valence-corrected chi connectivity index (χ2v) is 6.27. The molecule has 2 aromatic rings. The highest BCUT2D eigenvalue weighted by Gasteiger charge is 2.39. The Bertz CT molecular complexity index is 976. The molecule has 1 amide bonds. The summed E-state index contributed by atoms with van der Waals surface area (Å²) in [4.78, 5) is 42.5. The standard InChI is InChI=1S/C19H19N3O7/c1-27-15-9-13(14(22(25)26)10-16(15)29-20)18(23)21-8-7-11-5-3-4-6-12(11)17(21)19(24)28-2/h3-6,9-10,17H,7-8,20H2,1-2H3/t17-/m0/s1. The van der Waals surface area contributed by atoms with Gasteiger partial charge in [0.05, 0.1) is 25.2 Å². The van der Waals surface area contributed by atoms with E-state index in [-0.39, 0.29) is 23.6 Å². The van der Waals surface area contributed by atoms with Gasteiger partial charge in [-0.1, -0.05) is 24.3 Å². The largest absolute Gasteiger partial charge is 0.493 e. The third-order valence-electron chi connectivity index (χ3n) is 4.80. The molecule has 0 saturated carbocycles. The van der Waals surface area contributed by atoms with Crippen LogP contribution in [0.4, 0.5) is 5.69 Å². The van der Waals surface area contributed by atoms with Gasteiger partial charge in [0, 0.05) is 12.6 Å². The zero-order valence-electron chi connectivity index (χ0n) is 15.8. The van der Waals surface area contributed by atoms with Crippen molar-refractivity contribution in [3.05, 3.63) is 63.2 Å². The van der Waals surface area contributed by atoms with Crippen LogP contribution in [0.5, 0.6) is 11.5 Å². The highest BCUT2D eigenvalue weighted by molar-refractivity contribution is 6.01. The Hall–Kier alpha value is -3.66. The van der Waals surface area contributed by atoms with Gasteiger partial charge in [-0.05, 0) is 17.5 Å². The number of methoxy groups -OCH3 is 2. The Kier molecular flexibility index (Phi) is 5.64. The lowest BCUT2D eigenvalue weighted by molar-refractivity contribution is -0.385. The van der Waals surface area contributed by atoms with Gasteiger partial charge in [0.2, 0.25) is 0 Å². The predicted octanol–water partition coefficient (Wildman–Crippen LogP) is 1.77. The first-order valence-electron chi connectivity index (χ1n) is 8.62. The average Bonchev–Trinajstić information content (AvgIpc) is 2.76. The van der Waals surface area contributed by atoms with Crippen molar-refractivity contribution in [3.63, 3.8) is 0 Å². The third-order valence-corrected chi connectivity index (χ3v) is 4.80. The Morgan fingerprint density at radius 1 is 1.21 bits per heavy atom. The van der Waals surface area contributed by atoms with Gasteiger partial charge in [0.15, 0.2) is 17.5 Å². The summed E-state index contributed by atoms with van der Waals surface area (Å²) in [5.74, 6) is 3.75. The molecule has 0 spiro atoms. The van der Waals surface area contributed by atoms with Crippen LogP contribution < -0.4 is 15.5 Å². The summed E-state index contributed by atoms with van der Waals surface area (Å²) in [7, 11) is 2.54. The average molecular weight is 401 g/mol. The molecule has 0 saturated heterocycles. The Morgan fingerprint density at radius 3 is 2.55 bits per heavy atom. The molecule has 1 aliphatic heterocycles. The molecule has 0 fully saturated rings. The highest BCUT2D eigenvalue weighted by Crippen LogP contribution is 2.37. The molecule has 0 aliphatic carbocycles. The Labute approximate surface area is 165 Å². The minimum atomic E-state index is -1.02. The lowest BCUT2D eigenvalue weighted by Crippen LogP contribution is -2.44. The van der Waals surface area contributed by atoms with Crippen LogP contribution in [0, 0.1) is 10.1 Å². The zero-order chi connectivity index (χ0) is 21.1. The van der Waals surface area contributed by atoms with Crippen molar-refractivity contribution in [2.24, 2.45) is 5.90 Å². The van der Waals surface area contributed by atoms with Gasteiger partial charge in [-0.3, -0.25) is 14.9 Å². The fourth-order valence-corrected chi connectivity index (χ4v) is 3.43. The first-order valence-corrected chi connectivity index (χ1v) is 8.62. The molecule has 10 heteroatoms. The van der Waals surface area contributed by atoms with Crippen LogP contribution in [0.15, 0.2) is 36.4 Å². The summed E-state index contributed by atoms with van der Waals surface area (Å²) in [5, 5.41) is 11.6. The van der Waals surface area contributed by atoms with E-state index in [4.69, 9.17) is 15.4 Å². The zero-order valence-corrected chi connectivity index (χ0v) is 15.8. The normalized spacial score (nSPS) is 15.3. The van der Waals surface area contributed by atoms with E-state index in [1.165, 1.54) is 25.2 Å². The van der Waals surface area contributed by atoms with Gasteiger partial charge in [-0.2, -0.15) is 5.90 Å². The lowest BCUT2D eigenvalue weighted by Gasteiger charge is -2.35. The van der Waals surface area contributed by atoms with Crippen LogP contribution in [-0.4, -0.2) is 42.5 Å². The lowest BCUT2D eigenvalue weighted by atomic mass is 9.91. The molecule has 29 heavy (non-hydrogen) atoms. The molecule has 1 heterocycles. The summed E-state index contributed by atoms with van der Waals surface area (Å²) >= 11 is 0. The van der Waals surface area contributed by atoms with E-state index in [1.54, 1.807) is 12.1 Å². The number of carbonyl (C=O) groups is 2. The molecule has 0 radical (unpaired) electrons. The van der Waals surface area contributed by atoms with Crippen molar-refractivity contribution < 1.29 is 28.8 Å². The van der Waals surface area contributed by atoms with E-state index in [9.17, 15) is 19.7 Å². The minimum absolute atomic E-state index is 0.0495. The second-order valence-electron chi connectivity index (χ2n) is 6.27. The van der Waals surface area contributed by atoms with Gasteiger partial charge >= 0.3 is 5.97 Å². The van der Waals surface area contributed by atoms with E-state index in [1.807, 2.05) is 12.1 Å². The molecule has 2 aromatic carbocycles. The summed E-state index contributed by atoms with van der Waals surface area (Å²) < 4.78 is 10.0. The number of amides is 1. The topological polar surface area (TPSA) is 134 Å². The predicted molar refractivity (Wildman–Crippen MR) is 100 cm³/mol. The second kappa shape index (κ2) is 8.15. The van der Waals surface area contributed by atoms with Crippen molar-refractivity contribution in [3.8, 4) is 11.5 Å². The summed E-state index contributed by atoms with van der Waals surface area (Å²) in [6, 6.07) is 8.36. The first-order chi connectivity index (χ1) is 13.9. The molecule has 0 bridgehead atoms. The van der Waals surface area contributed by atoms with Crippen molar-refractivity contribution in [1.29, 1.82) is 0 Å². The highest BCUT2D eigenvalue weighted by atomic mass is 16.6. The van der Waals surface area contributed by atoms with Crippen molar-refractivity contribution in [1.82, 2.24) is 4.90 Å². The molecular weight excluding hydrogens is 382 g/mol. The van der Waals surface area contributed by atoms with Crippen LogP contribution in [0.3, 0.4) is 0 Å². The van der Waals surface area contributed by atoms with Gasteiger partial charge in [0.1, 0.15) is 5.56 Å². The fourth-order valence-electron chi connectivity index (χ4n) is 3.43. The van der Waals surface area contributed by atoms with E-state index in [0.717, 1.165) is 11.6 Å². The van der Waals surface area contributed by atoms with Crippen molar-refractivity contribution in [2.75, 3.05) is 20.8 Å². The maximum atomic E-state index is 13.3. The van der Waals surface area contributed by atoms with Gasteiger partial charge in [-0.25, -0.2) is 4.79 Å². The number of nitro benzene ring substituents is 1. The molecule has 1 atom stereocenters. The fraction of sp³-hybridized carbons (Fsp3) is 0.263. The SMILES string of the molecule is COC(=O)[C@@H]1c2ccccc2CCN1C(=O)c1cc(OC)c(ON)cc1[N+](=O)[O-]. The monoisotopic (exact) mass is 401 g/mol. The molecule has 1 aliphatic rings. The molecule has 10 nitrogen and oxygen atoms in total. The maximum Gasteiger partial charge on any atom is 0.333 e. The molecule has 152 valence electrons. The number of rotatable bonds is 5. The molecule has 0 aromatic heterocycles. The van der Waals surface area contributed by atoms with E-state index < -0.39 is 28.5 Å². The number of carbonyl (C=O) groups excluding carboxylic acids is 2. The number of fused-ring (bicyclic) bond motifs is 1. The quantitative estimate of drug-likeness (QED) is 0.455. The van der Waals surface area contributed by atoms with Crippen molar-refractivity contribution in [2.45, 2.75) is 12.5 Å². The molecule has 2 N–H and O–H groups in total. The number of hydrogen-bond donors (Lipinski definition) is 1. The molecular formula is C19H19N3O7. The van der Waals surface area contributed by atoms with E-state index in [2.05, 4.69) is 4.84 Å². The van der Waals surface area contributed by atoms with Crippen LogP contribution in [0.1, 0.15) is 27.5 Å². The van der Waals surface area contributed by atoms with Gasteiger partial charge < -0.3 is 19.2 Å². The van der Waals surface area contributed by atoms with Gasteiger partial charge in [0.25, 0.3) is 11.6 Å². The number of nitrogens with two attached hydrogens (primary N) is 1. The number of benzene rings is 2. The third kappa shape index (κ3) is 3.57. The number of nitro groups is 1. The first kappa shape index (κ1) is 20.1. The number of esters is 1. The maximum absolute atomic E-state index is 13.3. The minimum Gasteiger partial charge on any atom is -0.493 e. The van der Waals surface area contributed by atoms with Crippen molar-refractivity contribution >= 4 is 17.6 Å².